The minimum Gasteiger partial charge on any atom is -0.486 e. The van der Waals surface area contributed by atoms with Gasteiger partial charge in [-0.1, -0.05) is 17.4 Å². The Hall–Kier alpha value is -2.68. The Labute approximate surface area is 197 Å². The minimum atomic E-state index is -0.0672. The number of hydrogen-bond acceptors (Lipinski definition) is 7. The Morgan fingerprint density at radius 2 is 1.85 bits per heavy atom. The highest BCUT2D eigenvalue weighted by molar-refractivity contribution is 7.22. The molecule has 33 heavy (non-hydrogen) atoms. The van der Waals surface area contributed by atoms with Crippen LogP contribution in [0.15, 0.2) is 30.3 Å². The van der Waals surface area contributed by atoms with E-state index in [1.54, 1.807) is 17.4 Å². The first-order chi connectivity index (χ1) is 16.1. The number of amides is 1. The van der Waals surface area contributed by atoms with Gasteiger partial charge in [0.2, 0.25) is 0 Å². The minimum absolute atomic E-state index is 0.0672. The molecule has 1 saturated heterocycles. The molecule has 0 spiro atoms. The van der Waals surface area contributed by atoms with Crippen LogP contribution in [-0.2, 0) is 4.74 Å². The molecule has 2 aliphatic rings. The average Bonchev–Trinajstić information content (AvgIpc) is 3.29. The van der Waals surface area contributed by atoms with E-state index in [4.69, 9.17) is 19.2 Å². The van der Waals surface area contributed by atoms with Crippen molar-refractivity contribution in [2.45, 2.75) is 20.3 Å². The number of nitrogens with zero attached hydrogens (tertiary/aromatic N) is 3. The van der Waals surface area contributed by atoms with Crippen molar-refractivity contribution in [3.8, 4) is 11.5 Å². The van der Waals surface area contributed by atoms with Crippen LogP contribution in [0.1, 0.15) is 27.9 Å². The van der Waals surface area contributed by atoms with Crippen molar-refractivity contribution >= 4 is 32.6 Å². The van der Waals surface area contributed by atoms with E-state index in [0.29, 0.717) is 36.8 Å². The number of ether oxygens (including phenoxy) is 3. The second-order valence-corrected chi connectivity index (χ2v) is 9.48. The fraction of sp³-hybridized carbons (Fsp3) is 0.440. The molecule has 8 heteroatoms. The molecule has 3 heterocycles. The van der Waals surface area contributed by atoms with Crippen molar-refractivity contribution in [1.29, 1.82) is 0 Å². The highest BCUT2D eigenvalue weighted by atomic mass is 32.1. The lowest BCUT2D eigenvalue weighted by molar-refractivity contribution is 0.0376. The summed E-state index contributed by atoms with van der Waals surface area (Å²) in [6.45, 7) is 10.2. The molecule has 0 N–H and O–H groups in total. The van der Waals surface area contributed by atoms with Gasteiger partial charge in [-0.2, -0.15) is 0 Å². The van der Waals surface area contributed by atoms with Crippen LogP contribution in [0.4, 0.5) is 5.13 Å². The summed E-state index contributed by atoms with van der Waals surface area (Å²) in [5.74, 6) is 1.24. The third-order valence-corrected chi connectivity index (χ3v) is 7.34. The molecule has 0 bridgehead atoms. The van der Waals surface area contributed by atoms with Crippen LogP contribution in [0.25, 0.3) is 10.2 Å². The summed E-state index contributed by atoms with van der Waals surface area (Å²) >= 11 is 1.57. The molecule has 2 aromatic carbocycles. The largest absolute Gasteiger partial charge is 0.486 e. The van der Waals surface area contributed by atoms with E-state index >= 15 is 0 Å². The highest BCUT2D eigenvalue weighted by Gasteiger charge is 2.24. The predicted octanol–water partition coefficient (Wildman–Crippen LogP) is 4.05. The van der Waals surface area contributed by atoms with E-state index in [9.17, 15) is 4.79 Å². The van der Waals surface area contributed by atoms with Crippen LogP contribution in [-0.4, -0.2) is 68.4 Å². The van der Waals surface area contributed by atoms with Gasteiger partial charge in [0, 0.05) is 31.7 Å². The number of carbonyl (C=O) groups excluding carboxylic acids is 1. The number of aryl methyl sites for hydroxylation is 2. The molecule has 2 aliphatic heterocycles. The van der Waals surface area contributed by atoms with E-state index in [0.717, 1.165) is 60.2 Å². The maximum absolute atomic E-state index is 13.7. The zero-order valence-corrected chi connectivity index (χ0v) is 20.0. The summed E-state index contributed by atoms with van der Waals surface area (Å²) in [5, 5.41) is 0.737. The molecule has 0 aliphatic carbocycles. The molecular formula is C25H29N3O4S. The van der Waals surface area contributed by atoms with Crippen molar-refractivity contribution in [3.63, 3.8) is 0 Å². The van der Waals surface area contributed by atoms with Gasteiger partial charge in [0.25, 0.3) is 5.91 Å². The molecule has 0 atom stereocenters. The number of aromatic nitrogens is 1. The summed E-state index contributed by atoms with van der Waals surface area (Å²) in [6.07, 6.45) is 0.865. The summed E-state index contributed by atoms with van der Waals surface area (Å²) in [4.78, 5) is 22.8. The lowest BCUT2D eigenvalue weighted by atomic mass is 10.1. The quantitative estimate of drug-likeness (QED) is 0.545. The summed E-state index contributed by atoms with van der Waals surface area (Å²) in [6, 6.07) is 9.63. The first kappa shape index (κ1) is 22.1. The van der Waals surface area contributed by atoms with E-state index in [1.165, 1.54) is 5.56 Å². The van der Waals surface area contributed by atoms with Crippen molar-refractivity contribution in [3.05, 3.63) is 47.0 Å². The van der Waals surface area contributed by atoms with Crippen LogP contribution >= 0.6 is 11.3 Å². The standard InChI is InChI=1S/C25H29N3O4S/c1-17-4-7-22-23(18(17)2)26-25(33-22)28(9-3-8-27-10-12-30-13-11-27)24(29)19-5-6-20-21(16-19)32-15-14-31-20/h4-7,16H,3,8-15H2,1-2H3. The number of benzene rings is 2. The summed E-state index contributed by atoms with van der Waals surface area (Å²) in [5.41, 5.74) is 3.92. The van der Waals surface area contributed by atoms with Crippen LogP contribution < -0.4 is 14.4 Å². The Morgan fingerprint density at radius 3 is 2.67 bits per heavy atom. The van der Waals surface area contributed by atoms with Gasteiger partial charge in [0.15, 0.2) is 16.6 Å². The maximum atomic E-state index is 13.7. The van der Waals surface area contributed by atoms with Gasteiger partial charge in [0.1, 0.15) is 13.2 Å². The Kier molecular flexibility index (Phi) is 6.48. The zero-order valence-electron chi connectivity index (χ0n) is 19.1. The first-order valence-corrected chi connectivity index (χ1v) is 12.3. The number of hydrogen-bond donors (Lipinski definition) is 0. The topological polar surface area (TPSA) is 64.1 Å². The number of fused-ring (bicyclic) bond motifs is 2. The first-order valence-electron chi connectivity index (χ1n) is 11.5. The highest BCUT2D eigenvalue weighted by Crippen LogP contribution is 2.35. The maximum Gasteiger partial charge on any atom is 0.260 e. The van der Waals surface area contributed by atoms with Gasteiger partial charge < -0.3 is 14.2 Å². The second kappa shape index (κ2) is 9.67. The van der Waals surface area contributed by atoms with Crippen molar-refractivity contribution in [2.75, 3.05) is 57.5 Å². The molecule has 0 radical (unpaired) electrons. The van der Waals surface area contributed by atoms with Gasteiger partial charge >= 0.3 is 0 Å². The normalized spacial score (nSPS) is 16.2. The van der Waals surface area contributed by atoms with Gasteiger partial charge in [-0.05, 0) is 55.7 Å². The Bertz CT molecular complexity index is 1160. The third-order valence-electron chi connectivity index (χ3n) is 6.30. The summed E-state index contributed by atoms with van der Waals surface area (Å²) in [7, 11) is 0. The van der Waals surface area contributed by atoms with Gasteiger partial charge in [-0.3, -0.25) is 14.6 Å². The van der Waals surface area contributed by atoms with E-state index in [-0.39, 0.29) is 5.91 Å². The van der Waals surface area contributed by atoms with Crippen LogP contribution in [0.5, 0.6) is 11.5 Å². The van der Waals surface area contributed by atoms with Crippen molar-refractivity contribution < 1.29 is 19.0 Å². The smallest absolute Gasteiger partial charge is 0.260 e. The van der Waals surface area contributed by atoms with Gasteiger partial charge in [-0.15, -0.1) is 0 Å². The molecule has 174 valence electrons. The van der Waals surface area contributed by atoms with E-state index in [2.05, 4.69) is 30.9 Å². The van der Waals surface area contributed by atoms with Crippen LogP contribution in [0.2, 0.25) is 0 Å². The molecular weight excluding hydrogens is 438 g/mol. The molecule has 1 aromatic heterocycles. The molecule has 0 unspecified atom stereocenters. The Balaban J connectivity index is 1.43. The monoisotopic (exact) mass is 467 g/mol. The lowest BCUT2D eigenvalue weighted by Crippen LogP contribution is -2.39. The predicted molar refractivity (Wildman–Crippen MR) is 130 cm³/mol. The van der Waals surface area contributed by atoms with Crippen LogP contribution in [0, 0.1) is 13.8 Å². The number of rotatable bonds is 6. The molecule has 3 aromatic rings. The molecule has 1 amide bonds. The van der Waals surface area contributed by atoms with Gasteiger partial charge in [0.05, 0.1) is 23.4 Å². The summed E-state index contributed by atoms with van der Waals surface area (Å²) < 4.78 is 17.9. The fourth-order valence-corrected chi connectivity index (χ4v) is 5.27. The van der Waals surface area contributed by atoms with Crippen molar-refractivity contribution in [1.82, 2.24) is 9.88 Å². The zero-order chi connectivity index (χ0) is 22.8. The fourth-order valence-electron chi connectivity index (χ4n) is 4.22. The van der Waals surface area contributed by atoms with E-state index < -0.39 is 0 Å². The number of thiazole rings is 1. The third kappa shape index (κ3) is 4.69. The van der Waals surface area contributed by atoms with E-state index in [1.807, 2.05) is 17.0 Å². The number of morpholine rings is 1. The number of anilines is 1. The molecule has 0 saturated carbocycles. The molecule has 5 rings (SSSR count). The van der Waals surface area contributed by atoms with Crippen molar-refractivity contribution in [2.24, 2.45) is 0 Å². The lowest BCUT2D eigenvalue weighted by Gasteiger charge is -2.28. The number of carbonyl (C=O) groups is 1. The van der Waals surface area contributed by atoms with Crippen LogP contribution in [0.3, 0.4) is 0 Å². The van der Waals surface area contributed by atoms with Gasteiger partial charge in [-0.25, -0.2) is 4.98 Å². The molecule has 7 nitrogen and oxygen atoms in total. The Morgan fingerprint density at radius 1 is 1.06 bits per heavy atom. The average molecular weight is 468 g/mol. The second-order valence-electron chi connectivity index (χ2n) is 8.47. The molecule has 1 fully saturated rings. The SMILES string of the molecule is Cc1ccc2sc(N(CCCN3CCOCC3)C(=O)c3ccc4c(c3)OCCO4)nc2c1C.